The molecule has 2 aliphatic rings. The van der Waals surface area contributed by atoms with Crippen LogP contribution in [-0.4, -0.2) is 53.3 Å². The van der Waals surface area contributed by atoms with Crippen LogP contribution in [0.25, 0.3) is 0 Å². The van der Waals surface area contributed by atoms with Gasteiger partial charge >= 0.3 is 0 Å². The Bertz CT molecular complexity index is 835. The number of hydrogen-bond donors (Lipinski definition) is 1. The second-order valence-corrected chi connectivity index (χ2v) is 8.98. The quantitative estimate of drug-likeness (QED) is 0.601. The van der Waals surface area contributed by atoms with Crippen molar-refractivity contribution in [2.75, 3.05) is 37.6 Å². The first kappa shape index (κ1) is 21.5. The van der Waals surface area contributed by atoms with Gasteiger partial charge in [0.1, 0.15) is 17.5 Å². The minimum atomic E-state index is -0.230. The molecule has 1 N–H and O–H groups in total. The largest absolute Gasteiger partial charge is 0.370 e. The molecule has 0 bridgehead atoms. The van der Waals surface area contributed by atoms with E-state index in [2.05, 4.69) is 55.5 Å². The Balaban J connectivity index is 1.89. The van der Waals surface area contributed by atoms with Crippen molar-refractivity contribution in [3.8, 4) is 6.07 Å². The first-order valence-corrected chi connectivity index (χ1v) is 10.7. The zero-order chi connectivity index (χ0) is 21.2. The monoisotopic (exact) mass is 413 g/mol. The van der Waals surface area contributed by atoms with Crippen LogP contribution < -0.4 is 10.2 Å². The van der Waals surface area contributed by atoms with Gasteiger partial charge in [-0.1, -0.05) is 19.9 Å². The fraction of sp³-hybridized carbons (Fsp3) is 0.591. The van der Waals surface area contributed by atoms with E-state index in [4.69, 9.17) is 21.9 Å². The van der Waals surface area contributed by atoms with Gasteiger partial charge in [0.2, 0.25) is 0 Å². The molecular formula is C22H31N5OS. The number of piperazine rings is 1. The molecular weight excluding hydrogens is 382 g/mol. The summed E-state index contributed by atoms with van der Waals surface area (Å²) in [7, 11) is 0. The molecule has 3 rings (SSSR count). The molecule has 3 heterocycles. The third-order valence-corrected chi connectivity index (χ3v) is 5.96. The molecule has 1 saturated heterocycles. The molecule has 0 amide bonds. The van der Waals surface area contributed by atoms with Crippen molar-refractivity contribution in [2.45, 2.75) is 52.2 Å². The van der Waals surface area contributed by atoms with Gasteiger partial charge in [0.25, 0.3) is 0 Å². The lowest BCUT2D eigenvalue weighted by Gasteiger charge is -2.39. The van der Waals surface area contributed by atoms with Crippen LogP contribution in [0.3, 0.4) is 0 Å². The van der Waals surface area contributed by atoms with Crippen LogP contribution in [0.1, 0.15) is 56.0 Å². The summed E-state index contributed by atoms with van der Waals surface area (Å²) in [4.78, 5) is 9.41. The average Bonchev–Trinajstić information content (AvgIpc) is 2.70. The van der Waals surface area contributed by atoms with Gasteiger partial charge in [0.05, 0.1) is 12.2 Å². The highest BCUT2D eigenvalue weighted by Crippen LogP contribution is 2.37. The minimum Gasteiger partial charge on any atom is -0.370 e. The number of thiocarbonyl (C=S) groups is 1. The van der Waals surface area contributed by atoms with E-state index < -0.39 is 0 Å². The lowest BCUT2D eigenvalue weighted by atomic mass is 9.86. The van der Waals surface area contributed by atoms with E-state index in [1.807, 2.05) is 0 Å². The van der Waals surface area contributed by atoms with Gasteiger partial charge in [0, 0.05) is 50.4 Å². The maximum Gasteiger partial charge on any atom is 0.169 e. The Hall–Kier alpha value is -2.17. The van der Waals surface area contributed by atoms with Gasteiger partial charge in [-0.15, -0.1) is 6.58 Å². The van der Waals surface area contributed by atoms with E-state index in [1.165, 1.54) is 5.56 Å². The molecule has 29 heavy (non-hydrogen) atoms. The molecule has 2 aliphatic heterocycles. The normalized spacial score (nSPS) is 18.2. The van der Waals surface area contributed by atoms with E-state index in [0.29, 0.717) is 24.6 Å². The van der Waals surface area contributed by atoms with Gasteiger partial charge in [-0.25, -0.2) is 4.98 Å². The molecule has 0 saturated carbocycles. The lowest BCUT2D eigenvalue weighted by molar-refractivity contribution is -0.0406. The van der Waals surface area contributed by atoms with Gasteiger partial charge < -0.3 is 19.9 Å². The summed E-state index contributed by atoms with van der Waals surface area (Å²) >= 11 is 5.46. The molecule has 1 fully saturated rings. The molecule has 0 radical (unpaired) electrons. The molecule has 156 valence electrons. The number of rotatable bonds is 4. The van der Waals surface area contributed by atoms with Gasteiger partial charge in [-0.05, 0) is 37.5 Å². The summed E-state index contributed by atoms with van der Waals surface area (Å²) in [5, 5.41) is 13.9. The smallest absolute Gasteiger partial charge is 0.169 e. The summed E-state index contributed by atoms with van der Waals surface area (Å²) in [6.07, 6.45) is 2.59. The second-order valence-electron chi connectivity index (χ2n) is 8.59. The van der Waals surface area contributed by atoms with E-state index in [0.717, 1.165) is 54.8 Å². The molecule has 0 aromatic carbocycles. The number of fused-ring (bicyclic) bond motifs is 1. The van der Waals surface area contributed by atoms with Crippen LogP contribution in [0.2, 0.25) is 0 Å². The number of aromatic nitrogens is 1. The van der Waals surface area contributed by atoms with Gasteiger partial charge in [-0.2, -0.15) is 5.26 Å². The Labute approximate surface area is 179 Å². The summed E-state index contributed by atoms with van der Waals surface area (Å²) < 4.78 is 6.06. The molecule has 0 spiro atoms. The number of nitrogens with zero attached hydrogens (tertiary/aromatic N) is 4. The zero-order valence-corrected chi connectivity index (χ0v) is 18.7. The molecule has 0 unspecified atom stereocenters. The Morgan fingerprint density at radius 2 is 2.03 bits per heavy atom. The van der Waals surface area contributed by atoms with Crippen LogP contribution in [-0.2, 0) is 17.8 Å². The van der Waals surface area contributed by atoms with E-state index in [-0.39, 0.29) is 5.60 Å². The summed E-state index contributed by atoms with van der Waals surface area (Å²) in [5.41, 5.74) is 3.75. The lowest BCUT2D eigenvalue weighted by Crippen LogP contribution is -2.52. The second kappa shape index (κ2) is 8.68. The number of hydrogen-bond acceptors (Lipinski definition) is 5. The molecule has 0 aliphatic carbocycles. The van der Waals surface area contributed by atoms with Crippen LogP contribution in [0.15, 0.2) is 12.7 Å². The molecule has 7 heteroatoms. The van der Waals surface area contributed by atoms with Crippen LogP contribution in [0.4, 0.5) is 5.82 Å². The Morgan fingerprint density at radius 1 is 1.34 bits per heavy atom. The number of pyridine rings is 1. The summed E-state index contributed by atoms with van der Waals surface area (Å²) in [5.74, 6) is 1.09. The number of nitrogens with one attached hydrogen (secondary N) is 1. The summed E-state index contributed by atoms with van der Waals surface area (Å²) in [6.45, 7) is 16.5. The predicted octanol–water partition coefficient (Wildman–Crippen LogP) is 3.11. The van der Waals surface area contributed by atoms with Crippen molar-refractivity contribution in [1.82, 2.24) is 15.2 Å². The molecule has 6 nitrogen and oxygen atoms in total. The van der Waals surface area contributed by atoms with Gasteiger partial charge in [0.15, 0.2) is 5.11 Å². The maximum atomic E-state index is 9.98. The highest BCUT2D eigenvalue weighted by molar-refractivity contribution is 7.80. The minimum absolute atomic E-state index is 0.230. The summed E-state index contributed by atoms with van der Waals surface area (Å²) in [6, 6.07) is 2.43. The van der Waals surface area contributed by atoms with Crippen LogP contribution >= 0.6 is 12.2 Å². The van der Waals surface area contributed by atoms with Crippen molar-refractivity contribution in [3.63, 3.8) is 0 Å². The van der Waals surface area contributed by atoms with Gasteiger partial charge in [-0.3, -0.25) is 0 Å². The first-order valence-electron chi connectivity index (χ1n) is 10.3. The van der Waals surface area contributed by atoms with Crippen molar-refractivity contribution >= 4 is 23.1 Å². The predicted molar refractivity (Wildman–Crippen MR) is 120 cm³/mol. The van der Waals surface area contributed by atoms with Crippen molar-refractivity contribution in [1.29, 1.82) is 5.26 Å². The molecule has 1 aromatic heterocycles. The average molecular weight is 414 g/mol. The van der Waals surface area contributed by atoms with Crippen molar-refractivity contribution in [2.24, 2.45) is 0 Å². The van der Waals surface area contributed by atoms with E-state index in [9.17, 15) is 5.26 Å². The third kappa shape index (κ3) is 4.54. The first-order chi connectivity index (χ1) is 13.8. The van der Waals surface area contributed by atoms with Crippen LogP contribution in [0.5, 0.6) is 0 Å². The molecule has 1 aromatic rings. The standard InChI is InChI=1S/C22H31N5OS/c1-6-7-24-21(29)27-10-8-26(9-11-27)20-17(13-23)18-14-28-22(4,5)12-16(18)19(25-20)15(2)3/h6,15H,1,7-12,14H2,2-5H3,(H,24,29). The van der Waals surface area contributed by atoms with E-state index >= 15 is 0 Å². The number of ether oxygens (including phenoxy) is 1. The maximum absolute atomic E-state index is 9.98. The zero-order valence-electron chi connectivity index (χ0n) is 17.9. The topological polar surface area (TPSA) is 64.4 Å². The fourth-order valence-electron chi connectivity index (χ4n) is 4.00. The number of anilines is 1. The fourth-order valence-corrected chi connectivity index (χ4v) is 4.26. The molecule has 0 atom stereocenters. The van der Waals surface area contributed by atoms with Crippen molar-refractivity contribution < 1.29 is 4.74 Å². The number of nitriles is 1. The Morgan fingerprint density at radius 3 is 2.62 bits per heavy atom. The third-order valence-electron chi connectivity index (χ3n) is 5.56. The van der Waals surface area contributed by atoms with E-state index in [1.54, 1.807) is 6.08 Å². The highest BCUT2D eigenvalue weighted by Gasteiger charge is 2.34. The Kier molecular flexibility index (Phi) is 6.45. The SMILES string of the molecule is C=CCNC(=S)N1CCN(c2nc(C(C)C)c3c(c2C#N)COC(C)(C)C3)CC1. The highest BCUT2D eigenvalue weighted by atomic mass is 32.1. The van der Waals surface area contributed by atoms with Crippen LogP contribution in [0, 0.1) is 11.3 Å². The van der Waals surface area contributed by atoms with Crippen molar-refractivity contribution in [3.05, 3.63) is 35.0 Å².